The minimum Gasteiger partial charge on any atom is -0.551 e. The molecule has 2 aliphatic rings. The third kappa shape index (κ3) is 4.46. The number of aromatic nitrogens is 1. The van der Waals surface area contributed by atoms with E-state index >= 15 is 0 Å². The van der Waals surface area contributed by atoms with E-state index in [2.05, 4.69) is 191 Å². The van der Waals surface area contributed by atoms with E-state index in [9.17, 15) is 0 Å². The van der Waals surface area contributed by atoms with Crippen molar-refractivity contribution < 1.29 is 4.65 Å². The van der Waals surface area contributed by atoms with Crippen molar-refractivity contribution in [3.63, 3.8) is 0 Å². The Morgan fingerprint density at radius 3 is 1.92 bits per heavy atom. The van der Waals surface area contributed by atoms with Gasteiger partial charge in [0.25, 0.3) is 0 Å². The summed E-state index contributed by atoms with van der Waals surface area (Å²) in [7, 11) is 0. The third-order valence-corrected chi connectivity index (χ3v) is 11.3. The molecule has 252 valence electrons. The van der Waals surface area contributed by atoms with Crippen LogP contribution in [-0.4, -0.2) is 11.5 Å². The van der Waals surface area contributed by atoms with Gasteiger partial charge in [-0.05, 0) is 81.3 Å². The molecule has 0 aliphatic carbocycles. The first-order chi connectivity index (χ1) is 25.1. The van der Waals surface area contributed by atoms with Crippen LogP contribution in [0.1, 0.15) is 52.7 Å². The van der Waals surface area contributed by atoms with Gasteiger partial charge in [-0.3, -0.25) is 0 Å². The highest BCUT2D eigenvalue weighted by atomic mass is 16.4. The monoisotopic (exact) mass is 672 g/mol. The zero-order valence-corrected chi connectivity index (χ0v) is 30.7. The molecule has 0 amide bonds. The van der Waals surface area contributed by atoms with Crippen LogP contribution in [0.5, 0.6) is 5.75 Å². The van der Waals surface area contributed by atoms with E-state index in [1.165, 1.54) is 77.3 Å². The van der Waals surface area contributed by atoms with E-state index in [0.717, 1.165) is 17.0 Å². The Kier molecular flexibility index (Phi) is 6.50. The lowest BCUT2D eigenvalue weighted by atomic mass is 9.48. The standard InChI is InChI=1S/C48H41BN2O/c1-47(2,3)31-26-32(48(4,5)6)28-34(27-31)50-40-25-24-30-16-10-11-19-35(30)44(40)49-45-41(50)29-38-36-20-12-14-22-39(36)51(33-17-8-7-9-18-33)46(38)43(45)37-21-13-15-23-42(37)52-49/h7-29H,1-6H3. The summed E-state index contributed by atoms with van der Waals surface area (Å²) in [4.78, 5) is 2.55. The van der Waals surface area contributed by atoms with Crippen molar-refractivity contribution in [3.8, 4) is 22.6 Å². The number of para-hydroxylation sites is 3. The van der Waals surface area contributed by atoms with E-state index in [0.29, 0.717) is 0 Å². The van der Waals surface area contributed by atoms with Gasteiger partial charge in [-0.2, -0.15) is 0 Å². The molecular weight excluding hydrogens is 631 g/mol. The van der Waals surface area contributed by atoms with E-state index in [4.69, 9.17) is 4.65 Å². The summed E-state index contributed by atoms with van der Waals surface area (Å²) in [6, 6.07) is 51.5. The van der Waals surface area contributed by atoms with Crippen molar-refractivity contribution >= 4 is 67.5 Å². The fourth-order valence-corrected chi connectivity index (χ4v) is 8.63. The Balaban J connectivity index is 1.42. The van der Waals surface area contributed by atoms with E-state index in [-0.39, 0.29) is 17.7 Å². The molecule has 0 bridgehead atoms. The van der Waals surface area contributed by atoms with Gasteiger partial charge in [-0.15, -0.1) is 0 Å². The highest BCUT2D eigenvalue weighted by molar-refractivity contribution is 6.87. The summed E-state index contributed by atoms with van der Waals surface area (Å²) < 4.78 is 9.72. The van der Waals surface area contributed by atoms with Crippen molar-refractivity contribution in [2.24, 2.45) is 0 Å². The number of benzene rings is 7. The van der Waals surface area contributed by atoms with Gasteiger partial charge in [-0.25, -0.2) is 0 Å². The van der Waals surface area contributed by atoms with Gasteiger partial charge in [0.1, 0.15) is 5.75 Å². The van der Waals surface area contributed by atoms with Gasteiger partial charge in [-0.1, -0.05) is 133 Å². The molecule has 3 nitrogen and oxygen atoms in total. The topological polar surface area (TPSA) is 17.4 Å². The predicted octanol–water partition coefficient (Wildman–Crippen LogP) is 11.5. The van der Waals surface area contributed by atoms with Crippen molar-refractivity contribution in [2.75, 3.05) is 4.90 Å². The van der Waals surface area contributed by atoms with Crippen LogP contribution >= 0.6 is 0 Å². The van der Waals surface area contributed by atoms with Crippen molar-refractivity contribution in [2.45, 2.75) is 52.4 Å². The van der Waals surface area contributed by atoms with Gasteiger partial charge in [0.2, 0.25) is 0 Å². The number of fused-ring (bicyclic) bond motifs is 10. The Morgan fingerprint density at radius 1 is 0.519 bits per heavy atom. The quantitative estimate of drug-likeness (QED) is 0.170. The normalized spacial score (nSPS) is 13.7. The van der Waals surface area contributed by atoms with Crippen LogP contribution < -0.4 is 20.5 Å². The molecule has 4 heteroatoms. The number of anilines is 3. The summed E-state index contributed by atoms with van der Waals surface area (Å²) in [5.74, 6) is 0.917. The van der Waals surface area contributed by atoms with Crippen LogP contribution in [0.2, 0.25) is 0 Å². The maximum absolute atomic E-state index is 7.25. The van der Waals surface area contributed by atoms with E-state index in [1.807, 2.05) is 0 Å². The number of hydrogen-bond acceptors (Lipinski definition) is 2. The van der Waals surface area contributed by atoms with Crippen molar-refractivity contribution in [1.29, 1.82) is 0 Å². The third-order valence-electron chi connectivity index (χ3n) is 11.3. The van der Waals surface area contributed by atoms with Gasteiger partial charge in [0.15, 0.2) is 0 Å². The minimum atomic E-state index is -0.295. The predicted molar refractivity (Wildman–Crippen MR) is 221 cm³/mol. The molecule has 0 radical (unpaired) electrons. The SMILES string of the molecule is CC(C)(C)c1cc(N2c3cc4c5ccccc5n(-c5ccccc5)c4c4c3B(Oc3ccccc3-4)c3c2ccc2ccccc32)cc(C(C)(C)C)c1. The highest BCUT2D eigenvalue weighted by Gasteiger charge is 2.45. The molecular formula is C48H41BN2O. The maximum atomic E-state index is 7.25. The largest absolute Gasteiger partial charge is 0.551 e. The average molecular weight is 673 g/mol. The molecule has 3 heterocycles. The maximum Gasteiger partial charge on any atom is 0.432 e. The second-order valence-electron chi connectivity index (χ2n) is 16.6. The van der Waals surface area contributed by atoms with Crippen LogP contribution in [0.15, 0.2) is 140 Å². The summed E-state index contributed by atoms with van der Waals surface area (Å²) in [5.41, 5.74) is 14.5. The van der Waals surface area contributed by atoms with Crippen molar-refractivity contribution in [3.05, 3.63) is 151 Å². The van der Waals surface area contributed by atoms with Crippen molar-refractivity contribution in [1.82, 2.24) is 4.57 Å². The fraction of sp³-hybridized carbons (Fsp3) is 0.167. The first-order valence-electron chi connectivity index (χ1n) is 18.5. The van der Waals surface area contributed by atoms with Crippen LogP contribution in [-0.2, 0) is 10.8 Å². The molecule has 0 N–H and O–H groups in total. The van der Waals surface area contributed by atoms with Crippen LogP contribution in [0.4, 0.5) is 17.1 Å². The van der Waals surface area contributed by atoms with E-state index < -0.39 is 0 Å². The Morgan fingerprint density at radius 2 is 1.17 bits per heavy atom. The molecule has 0 unspecified atom stereocenters. The lowest BCUT2D eigenvalue weighted by Crippen LogP contribution is -2.56. The average Bonchev–Trinajstić information content (AvgIpc) is 3.48. The molecule has 1 aromatic heterocycles. The molecule has 0 spiro atoms. The molecule has 0 saturated carbocycles. The number of nitrogens with zero attached hydrogens (tertiary/aromatic N) is 2. The van der Waals surface area contributed by atoms with Gasteiger partial charge in [0, 0.05) is 55.6 Å². The summed E-state index contributed by atoms with van der Waals surface area (Å²) in [6.07, 6.45) is 0. The first kappa shape index (κ1) is 31.0. The number of hydrogen-bond donors (Lipinski definition) is 0. The highest BCUT2D eigenvalue weighted by Crippen LogP contribution is 2.50. The molecule has 7 aromatic carbocycles. The molecule has 10 rings (SSSR count). The summed E-state index contributed by atoms with van der Waals surface area (Å²) in [6.45, 7) is 13.6. The van der Waals surface area contributed by atoms with Crippen LogP contribution in [0.3, 0.4) is 0 Å². The number of rotatable bonds is 2. The summed E-state index contributed by atoms with van der Waals surface area (Å²) >= 11 is 0. The van der Waals surface area contributed by atoms with Crippen LogP contribution in [0, 0.1) is 0 Å². The second kappa shape index (κ2) is 10.9. The Bertz CT molecular complexity index is 2710. The molecule has 2 aliphatic heterocycles. The Labute approximate surface area is 306 Å². The molecule has 52 heavy (non-hydrogen) atoms. The van der Waals surface area contributed by atoms with Crippen LogP contribution in [0.25, 0.3) is 49.4 Å². The first-order valence-corrected chi connectivity index (χ1v) is 18.5. The zero-order valence-electron chi connectivity index (χ0n) is 30.7. The lowest BCUT2D eigenvalue weighted by molar-refractivity contribution is 0.568. The zero-order chi connectivity index (χ0) is 35.5. The summed E-state index contributed by atoms with van der Waals surface area (Å²) in [5, 5.41) is 4.91. The molecule has 0 fully saturated rings. The van der Waals surface area contributed by atoms with Gasteiger partial charge in [0.05, 0.1) is 11.0 Å². The smallest absolute Gasteiger partial charge is 0.432 e. The molecule has 0 saturated heterocycles. The molecule has 0 atom stereocenters. The lowest BCUT2D eigenvalue weighted by Gasteiger charge is -2.41. The van der Waals surface area contributed by atoms with Gasteiger partial charge < -0.3 is 14.1 Å². The van der Waals surface area contributed by atoms with Gasteiger partial charge >= 0.3 is 6.92 Å². The van der Waals surface area contributed by atoms with E-state index in [1.54, 1.807) is 0 Å². The second-order valence-corrected chi connectivity index (χ2v) is 16.6. The Hall–Kier alpha value is -5.74. The molecule has 8 aromatic rings. The minimum absolute atomic E-state index is 0.0327. The fourth-order valence-electron chi connectivity index (χ4n) is 8.63.